The number of ether oxygens (including phenoxy) is 1. The Morgan fingerprint density at radius 1 is 1.30 bits per heavy atom. The van der Waals surface area contributed by atoms with Crippen molar-refractivity contribution in [2.45, 2.75) is 18.8 Å². The van der Waals surface area contributed by atoms with Gasteiger partial charge in [0.25, 0.3) is 0 Å². The molecule has 1 aromatic carbocycles. The molecule has 4 nitrogen and oxygen atoms in total. The van der Waals surface area contributed by atoms with Gasteiger partial charge in [-0.05, 0) is 41.8 Å². The molecule has 0 radical (unpaired) electrons. The van der Waals surface area contributed by atoms with E-state index in [4.69, 9.17) is 9.15 Å². The summed E-state index contributed by atoms with van der Waals surface area (Å²) in [5.74, 6) is 2.18. The van der Waals surface area contributed by atoms with Crippen LogP contribution in [0.15, 0.2) is 47.1 Å². The number of benzene rings is 1. The van der Waals surface area contributed by atoms with E-state index in [1.807, 2.05) is 17.0 Å². The molecule has 1 amide bonds. The Labute approximate surface area is 135 Å². The highest BCUT2D eigenvalue weighted by molar-refractivity contribution is 5.91. The standard InChI is InChI=1S/C19H19NO3/c21-19(6-4-17-2-1-10-22-17)20-9-7-16(13-20)14-3-5-18-15(12-14)8-11-23-18/h1-6,10,12,16H,7-9,11,13H2/b6-4+/t16-/m1/s1. The van der Waals surface area contributed by atoms with Crippen LogP contribution in [0.2, 0.25) is 0 Å². The summed E-state index contributed by atoms with van der Waals surface area (Å²) < 4.78 is 10.8. The van der Waals surface area contributed by atoms with E-state index in [0.717, 1.165) is 38.3 Å². The number of carbonyl (C=O) groups excluding carboxylic acids is 1. The monoisotopic (exact) mass is 309 g/mol. The van der Waals surface area contributed by atoms with E-state index in [1.165, 1.54) is 11.1 Å². The summed E-state index contributed by atoms with van der Waals surface area (Å²) >= 11 is 0. The number of furan rings is 1. The van der Waals surface area contributed by atoms with Crippen molar-refractivity contribution in [2.24, 2.45) is 0 Å². The smallest absolute Gasteiger partial charge is 0.246 e. The zero-order valence-corrected chi connectivity index (χ0v) is 12.9. The lowest BCUT2D eigenvalue weighted by atomic mass is 9.96. The van der Waals surface area contributed by atoms with Crippen LogP contribution in [0, 0.1) is 0 Å². The molecule has 0 aliphatic carbocycles. The van der Waals surface area contributed by atoms with Crippen molar-refractivity contribution >= 4 is 12.0 Å². The number of nitrogens with zero attached hydrogens (tertiary/aromatic N) is 1. The van der Waals surface area contributed by atoms with Gasteiger partial charge in [-0.25, -0.2) is 0 Å². The molecule has 2 aromatic rings. The van der Waals surface area contributed by atoms with Gasteiger partial charge in [0.2, 0.25) is 5.91 Å². The highest BCUT2D eigenvalue weighted by atomic mass is 16.5. The Morgan fingerprint density at radius 2 is 2.26 bits per heavy atom. The van der Waals surface area contributed by atoms with Crippen molar-refractivity contribution in [3.8, 4) is 5.75 Å². The largest absolute Gasteiger partial charge is 0.493 e. The Morgan fingerprint density at radius 3 is 3.13 bits per heavy atom. The lowest BCUT2D eigenvalue weighted by Gasteiger charge is -2.15. The van der Waals surface area contributed by atoms with Crippen LogP contribution >= 0.6 is 0 Å². The fraction of sp³-hybridized carbons (Fsp3) is 0.316. The average molecular weight is 309 g/mol. The maximum atomic E-state index is 12.3. The number of hydrogen-bond acceptors (Lipinski definition) is 3. The van der Waals surface area contributed by atoms with Crippen LogP contribution in [-0.2, 0) is 11.2 Å². The fourth-order valence-electron chi connectivity index (χ4n) is 3.34. The number of hydrogen-bond donors (Lipinski definition) is 0. The van der Waals surface area contributed by atoms with E-state index in [0.29, 0.717) is 11.7 Å². The van der Waals surface area contributed by atoms with Crippen LogP contribution in [0.1, 0.15) is 29.2 Å². The molecule has 0 spiro atoms. The number of fused-ring (bicyclic) bond motifs is 1. The maximum absolute atomic E-state index is 12.3. The molecule has 2 aliphatic rings. The van der Waals surface area contributed by atoms with Crippen molar-refractivity contribution in [2.75, 3.05) is 19.7 Å². The topological polar surface area (TPSA) is 42.7 Å². The molecular formula is C19H19NO3. The van der Waals surface area contributed by atoms with Crippen LogP contribution in [-0.4, -0.2) is 30.5 Å². The van der Waals surface area contributed by atoms with E-state index in [9.17, 15) is 4.79 Å². The van der Waals surface area contributed by atoms with Gasteiger partial charge in [-0.2, -0.15) is 0 Å². The Hall–Kier alpha value is -2.49. The zero-order valence-electron chi connectivity index (χ0n) is 12.9. The van der Waals surface area contributed by atoms with Gasteiger partial charge < -0.3 is 14.1 Å². The molecule has 0 saturated carbocycles. The minimum absolute atomic E-state index is 0.0494. The first-order valence-corrected chi connectivity index (χ1v) is 8.06. The molecule has 1 fully saturated rings. The van der Waals surface area contributed by atoms with E-state index in [-0.39, 0.29) is 5.91 Å². The first-order valence-electron chi connectivity index (χ1n) is 8.06. The van der Waals surface area contributed by atoms with Crippen molar-refractivity contribution in [3.63, 3.8) is 0 Å². The number of carbonyl (C=O) groups is 1. The van der Waals surface area contributed by atoms with Crippen molar-refractivity contribution < 1.29 is 13.9 Å². The molecule has 4 heteroatoms. The summed E-state index contributed by atoms with van der Waals surface area (Å²) in [4.78, 5) is 14.2. The minimum Gasteiger partial charge on any atom is -0.493 e. The van der Waals surface area contributed by atoms with Gasteiger partial charge in [-0.1, -0.05) is 12.1 Å². The van der Waals surface area contributed by atoms with Gasteiger partial charge in [-0.3, -0.25) is 4.79 Å². The van der Waals surface area contributed by atoms with Gasteiger partial charge in [0.15, 0.2) is 0 Å². The molecule has 1 aromatic heterocycles. The number of likely N-dealkylation sites (tertiary alicyclic amines) is 1. The molecule has 23 heavy (non-hydrogen) atoms. The summed E-state index contributed by atoms with van der Waals surface area (Å²) in [6, 6.07) is 10.1. The molecule has 1 atom stereocenters. The molecule has 118 valence electrons. The van der Waals surface area contributed by atoms with Gasteiger partial charge in [0.1, 0.15) is 11.5 Å². The van der Waals surface area contributed by atoms with Crippen LogP contribution in [0.5, 0.6) is 5.75 Å². The Kier molecular flexibility index (Phi) is 3.66. The van der Waals surface area contributed by atoms with Gasteiger partial charge in [0.05, 0.1) is 12.9 Å². The van der Waals surface area contributed by atoms with Crippen molar-refractivity contribution in [1.29, 1.82) is 0 Å². The number of amides is 1. The molecule has 0 N–H and O–H groups in total. The highest BCUT2D eigenvalue weighted by Gasteiger charge is 2.27. The van der Waals surface area contributed by atoms with Crippen molar-refractivity contribution in [3.05, 3.63) is 59.6 Å². The fourth-order valence-corrected chi connectivity index (χ4v) is 3.34. The van der Waals surface area contributed by atoms with Gasteiger partial charge in [-0.15, -0.1) is 0 Å². The Balaban J connectivity index is 1.41. The third-order valence-corrected chi connectivity index (χ3v) is 4.62. The van der Waals surface area contributed by atoms with Gasteiger partial charge >= 0.3 is 0 Å². The molecule has 1 saturated heterocycles. The van der Waals surface area contributed by atoms with E-state index in [1.54, 1.807) is 18.4 Å². The predicted octanol–water partition coefficient (Wildman–Crippen LogP) is 3.24. The quantitative estimate of drug-likeness (QED) is 0.817. The molecule has 4 rings (SSSR count). The Bertz CT molecular complexity index is 733. The van der Waals surface area contributed by atoms with Crippen LogP contribution in [0.4, 0.5) is 0 Å². The maximum Gasteiger partial charge on any atom is 0.246 e. The van der Waals surface area contributed by atoms with E-state index >= 15 is 0 Å². The first-order chi connectivity index (χ1) is 11.3. The predicted molar refractivity (Wildman–Crippen MR) is 87.3 cm³/mol. The second-order valence-corrected chi connectivity index (χ2v) is 6.08. The van der Waals surface area contributed by atoms with Crippen LogP contribution in [0.3, 0.4) is 0 Å². The third-order valence-electron chi connectivity index (χ3n) is 4.62. The van der Waals surface area contributed by atoms with Crippen molar-refractivity contribution in [1.82, 2.24) is 4.90 Å². The molecule has 0 bridgehead atoms. The average Bonchev–Trinajstić information content (AvgIpc) is 3.32. The lowest BCUT2D eigenvalue weighted by molar-refractivity contribution is -0.124. The molecule has 2 aliphatic heterocycles. The normalized spacial score (nSPS) is 20.0. The van der Waals surface area contributed by atoms with E-state index in [2.05, 4.69) is 18.2 Å². The summed E-state index contributed by atoms with van der Waals surface area (Å²) in [7, 11) is 0. The third kappa shape index (κ3) is 2.89. The molecule has 3 heterocycles. The summed E-state index contributed by atoms with van der Waals surface area (Å²) in [6.07, 6.45) is 6.93. The molecule has 0 unspecified atom stereocenters. The summed E-state index contributed by atoms with van der Waals surface area (Å²) in [6.45, 7) is 2.37. The minimum atomic E-state index is 0.0494. The second kappa shape index (κ2) is 5.95. The van der Waals surface area contributed by atoms with Gasteiger partial charge in [0, 0.05) is 31.5 Å². The van der Waals surface area contributed by atoms with Crippen LogP contribution in [0.25, 0.3) is 6.08 Å². The summed E-state index contributed by atoms with van der Waals surface area (Å²) in [5.41, 5.74) is 2.62. The number of rotatable bonds is 3. The zero-order chi connectivity index (χ0) is 15.6. The summed E-state index contributed by atoms with van der Waals surface area (Å²) in [5, 5.41) is 0. The molecular weight excluding hydrogens is 290 g/mol. The second-order valence-electron chi connectivity index (χ2n) is 6.08. The SMILES string of the molecule is O=C(/C=C/c1ccco1)N1CC[C@@H](c2ccc3c(c2)CCO3)C1. The first kappa shape index (κ1) is 14.1. The van der Waals surface area contributed by atoms with Crippen LogP contribution < -0.4 is 4.74 Å². The van der Waals surface area contributed by atoms with E-state index < -0.39 is 0 Å². The lowest BCUT2D eigenvalue weighted by Crippen LogP contribution is -2.26. The highest BCUT2D eigenvalue weighted by Crippen LogP contribution is 2.33.